The first kappa shape index (κ1) is 19.6. The van der Waals surface area contributed by atoms with E-state index in [0.717, 1.165) is 42.9 Å². The van der Waals surface area contributed by atoms with Crippen molar-refractivity contribution < 1.29 is 9.90 Å². The molecule has 0 bridgehead atoms. The van der Waals surface area contributed by atoms with Crippen LogP contribution in [0.1, 0.15) is 36.7 Å². The van der Waals surface area contributed by atoms with Gasteiger partial charge in [-0.1, -0.05) is 60.7 Å². The lowest BCUT2D eigenvalue weighted by Crippen LogP contribution is -2.24. The molecule has 2 aromatic carbocycles. The summed E-state index contributed by atoms with van der Waals surface area (Å²) in [6.45, 7) is 1.22. The van der Waals surface area contributed by atoms with E-state index in [2.05, 4.69) is 44.9 Å². The van der Waals surface area contributed by atoms with Crippen molar-refractivity contribution in [2.24, 2.45) is 0 Å². The zero-order valence-electron chi connectivity index (χ0n) is 15.8. The second-order valence-electron chi connectivity index (χ2n) is 6.69. The molecule has 0 saturated carbocycles. The SMILES string of the molecule is O=C(O)NCCCCC(NCc1ccccc1)c1ncc(-c2ccccc2)[nH]1. The van der Waals surface area contributed by atoms with Gasteiger partial charge in [-0.3, -0.25) is 0 Å². The van der Waals surface area contributed by atoms with E-state index < -0.39 is 6.09 Å². The van der Waals surface area contributed by atoms with Crippen LogP contribution in [0.15, 0.2) is 66.9 Å². The third-order valence-electron chi connectivity index (χ3n) is 4.60. The number of aromatic amines is 1. The zero-order valence-corrected chi connectivity index (χ0v) is 15.8. The molecule has 1 unspecified atom stereocenters. The lowest BCUT2D eigenvalue weighted by atomic mass is 10.1. The summed E-state index contributed by atoms with van der Waals surface area (Å²) < 4.78 is 0. The van der Waals surface area contributed by atoms with Gasteiger partial charge in [-0.25, -0.2) is 9.78 Å². The smallest absolute Gasteiger partial charge is 0.404 e. The second-order valence-corrected chi connectivity index (χ2v) is 6.69. The van der Waals surface area contributed by atoms with Crippen LogP contribution in [-0.2, 0) is 6.54 Å². The predicted molar refractivity (Wildman–Crippen MR) is 110 cm³/mol. The number of unbranched alkanes of at least 4 members (excludes halogenated alkanes) is 1. The molecule has 6 heteroatoms. The van der Waals surface area contributed by atoms with E-state index in [0.29, 0.717) is 6.54 Å². The maximum atomic E-state index is 10.6. The Balaban J connectivity index is 1.64. The Kier molecular flexibility index (Phi) is 7.21. The number of amides is 1. The summed E-state index contributed by atoms with van der Waals surface area (Å²) in [6, 6.07) is 20.5. The topological polar surface area (TPSA) is 90.0 Å². The fourth-order valence-electron chi connectivity index (χ4n) is 3.12. The summed E-state index contributed by atoms with van der Waals surface area (Å²) in [5, 5.41) is 14.7. The van der Waals surface area contributed by atoms with Gasteiger partial charge in [-0.05, 0) is 30.4 Å². The molecule has 0 spiro atoms. The number of imidazole rings is 1. The maximum absolute atomic E-state index is 10.6. The quantitative estimate of drug-likeness (QED) is 0.395. The number of carbonyl (C=O) groups is 1. The molecule has 4 N–H and O–H groups in total. The molecule has 1 heterocycles. The molecule has 146 valence electrons. The van der Waals surface area contributed by atoms with Crippen LogP contribution in [0.4, 0.5) is 4.79 Å². The van der Waals surface area contributed by atoms with E-state index in [-0.39, 0.29) is 6.04 Å². The van der Waals surface area contributed by atoms with Crippen molar-refractivity contribution in [3.63, 3.8) is 0 Å². The number of benzene rings is 2. The van der Waals surface area contributed by atoms with E-state index in [1.807, 2.05) is 42.6 Å². The van der Waals surface area contributed by atoms with Crippen molar-refractivity contribution in [1.29, 1.82) is 0 Å². The second kappa shape index (κ2) is 10.3. The molecule has 3 rings (SSSR count). The highest BCUT2D eigenvalue weighted by Crippen LogP contribution is 2.22. The first-order valence-electron chi connectivity index (χ1n) is 9.57. The van der Waals surface area contributed by atoms with E-state index in [4.69, 9.17) is 5.11 Å². The molecule has 0 radical (unpaired) electrons. The van der Waals surface area contributed by atoms with Gasteiger partial charge in [0.15, 0.2) is 0 Å². The lowest BCUT2D eigenvalue weighted by Gasteiger charge is -2.17. The molecule has 28 heavy (non-hydrogen) atoms. The highest BCUT2D eigenvalue weighted by Gasteiger charge is 2.15. The van der Waals surface area contributed by atoms with Gasteiger partial charge in [0, 0.05) is 13.1 Å². The van der Waals surface area contributed by atoms with Crippen molar-refractivity contribution in [3.05, 3.63) is 78.2 Å². The van der Waals surface area contributed by atoms with Gasteiger partial charge in [-0.15, -0.1) is 0 Å². The third kappa shape index (κ3) is 5.96. The number of carboxylic acid groups (broad SMARTS) is 1. The minimum absolute atomic E-state index is 0.0718. The minimum atomic E-state index is -0.975. The van der Waals surface area contributed by atoms with Crippen molar-refractivity contribution in [3.8, 4) is 11.3 Å². The average Bonchev–Trinajstić information content (AvgIpc) is 3.21. The van der Waals surface area contributed by atoms with Crippen LogP contribution in [0.5, 0.6) is 0 Å². The van der Waals surface area contributed by atoms with Crippen LogP contribution in [0.25, 0.3) is 11.3 Å². The molecule has 1 amide bonds. The molecule has 0 aliphatic heterocycles. The number of nitrogens with zero attached hydrogens (tertiary/aromatic N) is 1. The Labute approximate surface area is 165 Å². The molecule has 0 fully saturated rings. The molecule has 6 nitrogen and oxygen atoms in total. The Morgan fingerprint density at radius 2 is 1.75 bits per heavy atom. The van der Waals surface area contributed by atoms with Gasteiger partial charge in [-0.2, -0.15) is 0 Å². The molecule has 1 atom stereocenters. The van der Waals surface area contributed by atoms with Crippen molar-refractivity contribution >= 4 is 6.09 Å². The molecule has 0 aliphatic rings. The minimum Gasteiger partial charge on any atom is -0.465 e. The van der Waals surface area contributed by atoms with E-state index in [1.165, 1.54) is 5.56 Å². The summed E-state index contributed by atoms with van der Waals surface area (Å²) >= 11 is 0. The highest BCUT2D eigenvalue weighted by atomic mass is 16.4. The van der Waals surface area contributed by atoms with Gasteiger partial charge in [0.1, 0.15) is 5.82 Å². The number of aromatic nitrogens is 2. The first-order chi connectivity index (χ1) is 13.7. The fourth-order valence-corrected chi connectivity index (χ4v) is 3.12. The summed E-state index contributed by atoms with van der Waals surface area (Å²) in [4.78, 5) is 18.6. The van der Waals surface area contributed by atoms with E-state index in [1.54, 1.807) is 0 Å². The molecular formula is C22H26N4O2. The van der Waals surface area contributed by atoms with Gasteiger partial charge >= 0.3 is 6.09 Å². The number of H-pyrrole nitrogens is 1. The fraction of sp³-hybridized carbons (Fsp3) is 0.273. The largest absolute Gasteiger partial charge is 0.465 e. The number of rotatable bonds is 10. The monoisotopic (exact) mass is 378 g/mol. The Morgan fingerprint density at radius 1 is 1.04 bits per heavy atom. The summed E-state index contributed by atoms with van der Waals surface area (Å²) in [6.07, 6.45) is 3.46. The van der Waals surface area contributed by atoms with Crippen molar-refractivity contribution in [1.82, 2.24) is 20.6 Å². The highest BCUT2D eigenvalue weighted by molar-refractivity contribution is 5.64. The third-order valence-corrected chi connectivity index (χ3v) is 4.60. The van der Waals surface area contributed by atoms with Crippen LogP contribution < -0.4 is 10.6 Å². The van der Waals surface area contributed by atoms with Gasteiger partial charge < -0.3 is 20.7 Å². The molecule has 3 aromatic rings. The van der Waals surface area contributed by atoms with Gasteiger partial charge in [0.05, 0.1) is 17.9 Å². The zero-order chi connectivity index (χ0) is 19.6. The average molecular weight is 378 g/mol. The molecule has 0 saturated heterocycles. The van der Waals surface area contributed by atoms with Gasteiger partial charge in [0.2, 0.25) is 0 Å². The number of nitrogens with one attached hydrogen (secondary N) is 3. The summed E-state index contributed by atoms with van der Waals surface area (Å²) in [5.41, 5.74) is 3.32. The number of hydrogen-bond donors (Lipinski definition) is 4. The van der Waals surface area contributed by atoms with Crippen LogP contribution in [0.3, 0.4) is 0 Å². The molecular weight excluding hydrogens is 352 g/mol. The predicted octanol–water partition coefficient (Wildman–Crippen LogP) is 4.35. The summed E-state index contributed by atoms with van der Waals surface area (Å²) in [5.74, 6) is 0.904. The van der Waals surface area contributed by atoms with Gasteiger partial charge in [0.25, 0.3) is 0 Å². The number of hydrogen-bond acceptors (Lipinski definition) is 3. The van der Waals surface area contributed by atoms with Crippen molar-refractivity contribution in [2.45, 2.75) is 31.8 Å². The van der Waals surface area contributed by atoms with E-state index >= 15 is 0 Å². The van der Waals surface area contributed by atoms with Crippen LogP contribution in [0, 0.1) is 0 Å². The standard InChI is InChI=1S/C22H26N4O2/c27-22(28)23-14-8-7-13-19(24-15-17-9-3-1-4-10-17)21-25-16-20(26-21)18-11-5-2-6-12-18/h1-6,9-12,16,19,23-24H,7-8,13-15H2,(H,25,26)(H,27,28). The van der Waals surface area contributed by atoms with E-state index in [9.17, 15) is 4.79 Å². The molecule has 0 aliphatic carbocycles. The Hall–Kier alpha value is -3.12. The first-order valence-corrected chi connectivity index (χ1v) is 9.57. The normalized spacial score (nSPS) is 11.9. The lowest BCUT2D eigenvalue weighted by molar-refractivity contribution is 0.194. The Bertz CT molecular complexity index is 849. The van der Waals surface area contributed by atoms with Crippen LogP contribution in [-0.4, -0.2) is 27.7 Å². The maximum Gasteiger partial charge on any atom is 0.404 e. The summed E-state index contributed by atoms with van der Waals surface area (Å²) in [7, 11) is 0. The van der Waals surface area contributed by atoms with Crippen LogP contribution >= 0.6 is 0 Å². The van der Waals surface area contributed by atoms with Crippen LogP contribution in [0.2, 0.25) is 0 Å². The van der Waals surface area contributed by atoms with Crippen molar-refractivity contribution in [2.75, 3.05) is 6.54 Å². The Morgan fingerprint density at radius 3 is 2.46 bits per heavy atom. The molecule has 1 aromatic heterocycles.